The Morgan fingerprint density at radius 2 is 0.644 bits per heavy atom. The van der Waals surface area contributed by atoms with Gasteiger partial charge in [0, 0.05) is 94.1 Å². The average Bonchev–Trinajstić information content (AvgIpc) is 0.735. The van der Waals surface area contributed by atoms with Crippen molar-refractivity contribution in [1.82, 2.24) is 73.3 Å². The fourth-order valence-electron chi connectivity index (χ4n) is 17.8. The molecule has 0 bridgehead atoms. The molecule has 708 valence electrons. The maximum atomic E-state index is 16.0. The van der Waals surface area contributed by atoms with Crippen LogP contribution in [0.4, 0.5) is 87.2 Å². The number of carbonyl (C=O) groups excluding carboxylic acids is 3. The summed E-state index contributed by atoms with van der Waals surface area (Å²) in [5.74, 6) is -20.0. The zero-order valence-corrected chi connectivity index (χ0v) is 77.7. The number of carbonyl (C=O) groups is 3. The predicted octanol–water partition coefficient (Wildman–Crippen LogP) is 17.0. The number of fused-ring (bicyclic) bond motifs is 3. The van der Waals surface area contributed by atoms with Crippen LogP contribution in [0.5, 0.6) is 0 Å². The Bertz CT molecular complexity index is 6380. The number of aryl methyl sites for hydroxylation is 3. The van der Waals surface area contributed by atoms with Crippen molar-refractivity contribution in [2.24, 2.45) is 0 Å². The molecule has 0 saturated carbocycles. The molecule has 0 aliphatic carbocycles. The van der Waals surface area contributed by atoms with Crippen LogP contribution < -0.4 is 49.0 Å². The largest absolute Gasteiger partial charge is 0.397 e. The number of amides is 3. The van der Waals surface area contributed by atoms with Gasteiger partial charge in [-0.25, -0.2) is 95.7 Å². The number of hydrogen-bond donors (Lipinski definition) is 3. The second-order valence-corrected chi connectivity index (χ2v) is 35.2. The molecule has 12 aromatic rings. The molecule has 42 heteroatoms. The van der Waals surface area contributed by atoms with Gasteiger partial charge in [-0.15, -0.1) is 0 Å². The third-order valence-electron chi connectivity index (χ3n) is 23.7. The number of rotatable bonds is 15. The molecule has 3 amide bonds. The van der Waals surface area contributed by atoms with Crippen LogP contribution in [-0.2, 0) is 14.4 Å². The zero-order valence-electron chi connectivity index (χ0n) is 75.4. The number of piperazine rings is 3. The number of nitrogens with two attached hydrogens (primary N) is 3. The van der Waals surface area contributed by atoms with Gasteiger partial charge in [0.05, 0.1) is 83.4 Å². The van der Waals surface area contributed by atoms with Crippen molar-refractivity contribution in [2.45, 2.75) is 158 Å². The maximum Gasteiger partial charge on any atom is 0.355 e. The Hall–Kier alpha value is -13.6. The molecule has 6 N–H and O–H groups in total. The number of hydrogen-bond acceptors (Lipinski definition) is 21. The second kappa shape index (κ2) is 38.4. The van der Waals surface area contributed by atoms with E-state index < -0.39 is 153 Å². The highest BCUT2D eigenvalue weighted by Crippen LogP contribution is 2.46. The summed E-state index contributed by atoms with van der Waals surface area (Å²) in [5.41, 5.74) is 10.3. The van der Waals surface area contributed by atoms with Crippen molar-refractivity contribution in [3.05, 3.63) is 243 Å². The fourth-order valence-corrected chi connectivity index (χ4v) is 18.4. The summed E-state index contributed by atoms with van der Waals surface area (Å²) in [5, 5.41) is -3.07. The smallest absolute Gasteiger partial charge is 0.355 e. The van der Waals surface area contributed by atoms with Gasteiger partial charge in [0.2, 0.25) is 17.7 Å². The Labute approximate surface area is 779 Å². The van der Waals surface area contributed by atoms with Gasteiger partial charge in [-0.3, -0.25) is 29.3 Å². The average molecular weight is 1930 g/mol. The topological polar surface area (TPSA) is 331 Å². The van der Waals surface area contributed by atoms with Crippen molar-refractivity contribution < 1.29 is 67.1 Å². The van der Waals surface area contributed by atoms with Crippen molar-refractivity contribution in [3.63, 3.8) is 0 Å². The highest BCUT2D eigenvalue weighted by atomic mass is 35.5. The van der Waals surface area contributed by atoms with Crippen LogP contribution in [0.25, 0.3) is 83.9 Å². The number of halogens is 15. The summed E-state index contributed by atoms with van der Waals surface area (Å²) >= 11 is 17.5. The van der Waals surface area contributed by atoms with Crippen LogP contribution in [0.2, 0.25) is 15.1 Å². The van der Waals surface area contributed by atoms with Crippen LogP contribution >= 0.6 is 34.8 Å². The van der Waals surface area contributed by atoms with Gasteiger partial charge in [-0.1, -0.05) is 96.1 Å². The molecule has 12 heterocycles. The molecule has 3 aliphatic rings. The highest BCUT2D eigenvalue weighted by Gasteiger charge is 2.41. The van der Waals surface area contributed by atoms with Gasteiger partial charge in [0.1, 0.15) is 50.3 Å². The monoisotopic (exact) mass is 1930 g/mol. The lowest BCUT2D eigenvalue weighted by Gasteiger charge is -2.44. The minimum absolute atomic E-state index is 0.0591. The number of pyridine rings is 6. The summed E-state index contributed by atoms with van der Waals surface area (Å²) in [6.07, 6.45) is 8.39. The van der Waals surface area contributed by atoms with Crippen LogP contribution in [-0.4, -0.2) is 166 Å². The molecule has 135 heavy (non-hydrogen) atoms. The van der Waals surface area contributed by atoms with Gasteiger partial charge in [-0.2, -0.15) is 15.0 Å². The van der Waals surface area contributed by atoms with Crippen molar-refractivity contribution in [3.8, 4) is 50.8 Å². The third kappa shape index (κ3) is 17.5. The van der Waals surface area contributed by atoms with E-state index in [9.17, 15) is 55.1 Å². The van der Waals surface area contributed by atoms with Crippen molar-refractivity contribution in [2.75, 3.05) is 71.2 Å². The van der Waals surface area contributed by atoms with E-state index in [1.807, 2.05) is 83.1 Å². The molecule has 3 aliphatic heterocycles. The van der Waals surface area contributed by atoms with E-state index in [-0.39, 0.29) is 162 Å². The fraction of sp³-hybridized carbons (Fsp3) is 0.323. The van der Waals surface area contributed by atoms with Crippen LogP contribution in [0, 0.1) is 90.6 Å². The lowest BCUT2D eigenvalue weighted by atomic mass is 10.0. The molecule has 15 rings (SSSR count). The molecule has 3 saturated heterocycles. The van der Waals surface area contributed by atoms with Gasteiger partial charge >= 0.3 is 17.1 Å². The number of nitrogen functional groups attached to an aromatic ring is 3. The van der Waals surface area contributed by atoms with Crippen LogP contribution in [0.1, 0.15) is 135 Å². The highest BCUT2D eigenvalue weighted by molar-refractivity contribution is 6.34. The first-order chi connectivity index (χ1) is 63.6. The Kier molecular flexibility index (Phi) is 28.2. The van der Waals surface area contributed by atoms with Crippen molar-refractivity contribution in [1.29, 1.82) is 0 Å². The van der Waals surface area contributed by atoms with Crippen LogP contribution in [0.15, 0.2) is 107 Å². The molecule has 6 atom stereocenters. The van der Waals surface area contributed by atoms with E-state index in [0.717, 1.165) is 31.9 Å². The van der Waals surface area contributed by atoms with E-state index in [0.29, 0.717) is 50.8 Å². The maximum absolute atomic E-state index is 16.0. The molecule has 27 nitrogen and oxygen atoms in total. The number of aromatic nitrogens is 12. The van der Waals surface area contributed by atoms with Crippen molar-refractivity contribution >= 4 is 120 Å². The van der Waals surface area contributed by atoms with Gasteiger partial charge < -0.3 is 46.6 Å². The Morgan fingerprint density at radius 1 is 0.370 bits per heavy atom. The normalized spacial score (nSPS) is 17.0. The van der Waals surface area contributed by atoms with E-state index in [4.69, 9.17) is 52.0 Å². The minimum Gasteiger partial charge on any atom is -0.397 e. The van der Waals surface area contributed by atoms with E-state index in [2.05, 4.69) is 64.6 Å². The zero-order chi connectivity index (χ0) is 99.2. The molecule has 0 radical (unpaired) electrons. The number of benzene rings is 3. The minimum atomic E-state index is -1.96. The first kappa shape index (κ1) is 98.9. The van der Waals surface area contributed by atoms with Gasteiger partial charge in [-0.05, 0) is 151 Å². The predicted molar refractivity (Wildman–Crippen MR) is 494 cm³/mol. The third-order valence-corrected chi connectivity index (χ3v) is 24.8. The summed E-state index contributed by atoms with van der Waals surface area (Å²) < 4.78 is 184. The first-order valence-corrected chi connectivity index (χ1v) is 43.4. The second-order valence-electron chi connectivity index (χ2n) is 34.1. The lowest BCUT2D eigenvalue weighted by molar-refractivity contribution is -0.131. The molecule has 0 spiro atoms. The van der Waals surface area contributed by atoms with Gasteiger partial charge in [0.15, 0.2) is 86.7 Å². The molecule has 3 fully saturated rings. The first-order valence-electron chi connectivity index (χ1n) is 42.3. The van der Waals surface area contributed by atoms with E-state index in [1.54, 1.807) is 87.0 Å². The van der Waals surface area contributed by atoms with Gasteiger partial charge in [0.25, 0.3) is 0 Å². The lowest BCUT2D eigenvalue weighted by Crippen LogP contribution is -2.58. The number of nitrogens with zero attached hydrogens (tertiary/aromatic N) is 18. The Balaban J connectivity index is 0.000000171. The summed E-state index contributed by atoms with van der Waals surface area (Å²) in [6, 6.07) is 5.90. The van der Waals surface area contributed by atoms with Crippen LogP contribution in [0.3, 0.4) is 0 Å². The molecule has 9 aromatic heterocycles. The molecule has 3 aromatic carbocycles. The summed E-state index contributed by atoms with van der Waals surface area (Å²) in [6.45, 7) is 39.4. The standard InChI is InChI=1S/3C31H30ClF4N7O2/c1-7-19(44)42-15(5)11-41(12-16(42)6)29-17-10-18(33)27(20-22(34)24(36)23(35)21(32)25(20)37)39-30(17)43(31(45)40-29)28-14(4)8-9-38-26(28)13(2)3;1-7-19(44)42-15(5)11-41(12-16(42)6)29-17-10-18(33)27(20-22(34)21(32)23(35)24(36)25(20)37)39-30(17)43(31(45)40-29)28-14(4)8-9-38-26(28)13(2)3;1-7-19(44)42-15(5)11-41(12-16(42)6)29-17-10-18(33)27(20-21(32)23(35)24(36)25(37)22(20)34)39-30(17)43(31(45)40-29)28-14(4)8-9-38-26(28)13(2)3/h3*7-10,13,15-16H,1,11-12,37H2,2-6H3/t3*15-,16+. The summed E-state index contributed by atoms with van der Waals surface area (Å²) in [4.78, 5) is 129. The van der Waals surface area contributed by atoms with E-state index in [1.165, 1.54) is 18.2 Å². The number of anilines is 6. The molecule has 0 unspecified atom stereocenters. The molecular formula is C93H90Cl3F12N21O6. The summed E-state index contributed by atoms with van der Waals surface area (Å²) in [7, 11) is 0. The SMILES string of the molecule is C=CC(=O)N1[C@H](C)CN(c2nc(=O)n(-c3c(C)ccnc3C(C)C)c3nc(-c4c(F)c(N)c(F)c(F)c4Cl)c(F)cc23)C[C@@H]1C.C=CC(=O)N1[C@H](C)CN(c2nc(=O)n(-c3c(C)ccnc3C(C)C)c3nc(-c4c(N)c(Cl)c(F)c(F)c4F)c(F)cc23)C[C@@H]1C.C=CC(=O)N1[C@H](C)CN(c2nc(=O)n(-c3c(C)ccnc3C(C)C)c3nc(-c4c(N)c(F)c(F)c(Cl)c4F)c(F)cc23)C[C@@H]1C. The quantitative estimate of drug-likeness (QED) is 0.0282. The molecular weight excluding hydrogens is 1840 g/mol. The Morgan fingerprint density at radius 3 is 0.941 bits per heavy atom. The van der Waals surface area contributed by atoms with E-state index >= 15 is 26.3 Å².